The van der Waals surface area contributed by atoms with Crippen molar-refractivity contribution in [3.8, 4) is 0 Å². The highest BCUT2D eigenvalue weighted by Gasteiger charge is 2.28. The molecule has 0 heterocycles. The van der Waals surface area contributed by atoms with Crippen LogP contribution in [-0.2, 0) is 0 Å². The van der Waals surface area contributed by atoms with Gasteiger partial charge in [0.2, 0.25) is 0 Å². The summed E-state index contributed by atoms with van der Waals surface area (Å²) in [5.41, 5.74) is 0.766. The fourth-order valence-corrected chi connectivity index (χ4v) is 1.15. The van der Waals surface area contributed by atoms with E-state index in [1.807, 2.05) is 6.92 Å². The van der Waals surface area contributed by atoms with Crippen LogP contribution in [0.3, 0.4) is 0 Å². The zero-order chi connectivity index (χ0) is 11.2. The van der Waals surface area contributed by atoms with Crippen LogP contribution in [0.15, 0.2) is 12.2 Å². The molecule has 1 N–H and O–H groups in total. The van der Waals surface area contributed by atoms with Crippen molar-refractivity contribution < 1.29 is 13.2 Å². The Morgan fingerprint density at radius 3 is 2.36 bits per heavy atom. The SMILES string of the molecule is C=C(C)C(CCC(F)(F)F)NCCC. The van der Waals surface area contributed by atoms with E-state index in [-0.39, 0.29) is 12.5 Å². The fraction of sp³-hybridized carbons (Fsp3) is 0.800. The zero-order valence-electron chi connectivity index (χ0n) is 8.75. The summed E-state index contributed by atoms with van der Waals surface area (Å²) >= 11 is 0. The van der Waals surface area contributed by atoms with Crippen molar-refractivity contribution in [3.05, 3.63) is 12.2 Å². The highest BCUT2D eigenvalue weighted by Crippen LogP contribution is 2.23. The molecule has 0 saturated carbocycles. The van der Waals surface area contributed by atoms with Gasteiger partial charge in [-0.3, -0.25) is 0 Å². The molecule has 1 nitrogen and oxygen atoms in total. The Hall–Kier alpha value is -0.510. The minimum atomic E-state index is -4.07. The first-order chi connectivity index (χ1) is 6.37. The Labute approximate surface area is 83.4 Å². The van der Waals surface area contributed by atoms with Crippen LogP contribution in [0, 0.1) is 0 Å². The van der Waals surface area contributed by atoms with Crippen molar-refractivity contribution in [1.82, 2.24) is 5.32 Å². The van der Waals surface area contributed by atoms with Crippen LogP contribution in [0.1, 0.15) is 33.1 Å². The third-order valence-corrected chi connectivity index (χ3v) is 1.95. The van der Waals surface area contributed by atoms with E-state index in [2.05, 4.69) is 11.9 Å². The predicted molar refractivity (Wildman–Crippen MR) is 52.2 cm³/mol. The van der Waals surface area contributed by atoms with Gasteiger partial charge in [0, 0.05) is 12.5 Å². The van der Waals surface area contributed by atoms with E-state index >= 15 is 0 Å². The number of hydrogen-bond donors (Lipinski definition) is 1. The largest absolute Gasteiger partial charge is 0.389 e. The summed E-state index contributed by atoms with van der Waals surface area (Å²) < 4.78 is 35.8. The Kier molecular flexibility index (Phi) is 5.84. The van der Waals surface area contributed by atoms with Crippen LogP contribution in [0.5, 0.6) is 0 Å². The highest BCUT2D eigenvalue weighted by atomic mass is 19.4. The van der Waals surface area contributed by atoms with Crippen molar-refractivity contribution in [2.45, 2.75) is 45.3 Å². The van der Waals surface area contributed by atoms with Crippen molar-refractivity contribution in [2.24, 2.45) is 0 Å². The third kappa shape index (κ3) is 6.95. The minimum absolute atomic E-state index is 0.0822. The van der Waals surface area contributed by atoms with Crippen LogP contribution in [0.2, 0.25) is 0 Å². The van der Waals surface area contributed by atoms with Crippen LogP contribution in [0.4, 0.5) is 13.2 Å². The molecule has 84 valence electrons. The average Bonchev–Trinajstić information content (AvgIpc) is 2.01. The monoisotopic (exact) mass is 209 g/mol. The van der Waals surface area contributed by atoms with Crippen LogP contribution < -0.4 is 5.32 Å². The summed E-state index contributed by atoms with van der Waals surface area (Å²) in [7, 11) is 0. The quantitative estimate of drug-likeness (QED) is 0.662. The molecule has 0 saturated heterocycles. The van der Waals surface area contributed by atoms with Gasteiger partial charge in [-0.1, -0.05) is 19.1 Å². The van der Waals surface area contributed by atoms with E-state index in [1.165, 1.54) is 0 Å². The van der Waals surface area contributed by atoms with E-state index in [9.17, 15) is 13.2 Å². The Balaban J connectivity index is 3.91. The first-order valence-corrected chi connectivity index (χ1v) is 4.82. The molecular weight excluding hydrogens is 191 g/mol. The molecule has 0 aliphatic rings. The molecule has 0 aliphatic carbocycles. The molecule has 0 bridgehead atoms. The second-order valence-electron chi connectivity index (χ2n) is 3.51. The van der Waals surface area contributed by atoms with Gasteiger partial charge in [0.25, 0.3) is 0 Å². The van der Waals surface area contributed by atoms with Gasteiger partial charge in [-0.15, -0.1) is 0 Å². The summed E-state index contributed by atoms with van der Waals surface area (Å²) in [6.07, 6.45) is -3.82. The Morgan fingerprint density at radius 2 is 2.00 bits per heavy atom. The molecule has 1 unspecified atom stereocenters. The molecule has 14 heavy (non-hydrogen) atoms. The lowest BCUT2D eigenvalue weighted by Crippen LogP contribution is -2.31. The lowest BCUT2D eigenvalue weighted by molar-refractivity contribution is -0.136. The second kappa shape index (κ2) is 6.06. The number of nitrogens with one attached hydrogen (secondary N) is 1. The molecule has 4 heteroatoms. The maximum absolute atomic E-state index is 11.9. The standard InChI is InChI=1S/C10H18F3N/c1-4-7-14-9(8(2)3)5-6-10(11,12)13/h9,14H,2,4-7H2,1,3H3. The van der Waals surface area contributed by atoms with Crippen LogP contribution in [0.25, 0.3) is 0 Å². The summed E-state index contributed by atoms with van der Waals surface area (Å²) in [5, 5.41) is 3.04. The first kappa shape index (κ1) is 13.5. The van der Waals surface area contributed by atoms with Gasteiger partial charge in [0.05, 0.1) is 0 Å². The fourth-order valence-electron chi connectivity index (χ4n) is 1.15. The van der Waals surface area contributed by atoms with Crippen molar-refractivity contribution in [3.63, 3.8) is 0 Å². The first-order valence-electron chi connectivity index (χ1n) is 4.82. The summed E-state index contributed by atoms with van der Waals surface area (Å²) in [6.45, 7) is 8.14. The zero-order valence-corrected chi connectivity index (χ0v) is 8.75. The topological polar surface area (TPSA) is 12.0 Å². The molecule has 0 aromatic rings. The summed E-state index contributed by atoms with van der Waals surface area (Å²) in [6, 6.07) is -0.212. The lowest BCUT2D eigenvalue weighted by Gasteiger charge is -2.19. The molecule has 0 aromatic carbocycles. The highest BCUT2D eigenvalue weighted by molar-refractivity contribution is 5.01. The molecule has 0 amide bonds. The van der Waals surface area contributed by atoms with Crippen LogP contribution >= 0.6 is 0 Å². The smallest absolute Gasteiger partial charge is 0.310 e. The number of rotatable bonds is 6. The third-order valence-electron chi connectivity index (χ3n) is 1.95. The Bertz CT molecular complexity index is 175. The molecule has 0 rings (SSSR count). The molecule has 0 aromatic heterocycles. The molecule has 1 atom stereocenters. The van der Waals surface area contributed by atoms with E-state index in [4.69, 9.17) is 0 Å². The van der Waals surface area contributed by atoms with Gasteiger partial charge in [0.15, 0.2) is 0 Å². The van der Waals surface area contributed by atoms with E-state index < -0.39 is 12.6 Å². The molecule has 0 radical (unpaired) electrons. The average molecular weight is 209 g/mol. The second-order valence-corrected chi connectivity index (χ2v) is 3.51. The summed E-state index contributed by atoms with van der Waals surface area (Å²) in [4.78, 5) is 0. The van der Waals surface area contributed by atoms with Gasteiger partial charge >= 0.3 is 6.18 Å². The van der Waals surface area contributed by atoms with E-state index in [0.29, 0.717) is 0 Å². The molecule has 0 spiro atoms. The van der Waals surface area contributed by atoms with Crippen LogP contribution in [-0.4, -0.2) is 18.8 Å². The van der Waals surface area contributed by atoms with Crippen molar-refractivity contribution in [2.75, 3.05) is 6.54 Å². The maximum Gasteiger partial charge on any atom is 0.389 e. The van der Waals surface area contributed by atoms with Gasteiger partial charge in [0.1, 0.15) is 0 Å². The van der Waals surface area contributed by atoms with E-state index in [1.54, 1.807) is 6.92 Å². The maximum atomic E-state index is 11.9. The van der Waals surface area contributed by atoms with Gasteiger partial charge in [-0.25, -0.2) is 0 Å². The number of alkyl halides is 3. The summed E-state index contributed by atoms with van der Waals surface area (Å²) in [5.74, 6) is 0. The molecule has 0 fully saturated rings. The minimum Gasteiger partial charge on any atom is -0.310 e. The van der Waals surface area contributed by atoms with Gasteiger partial charge < -0.3 is 5.32 Å². The lowest BCUT2D eigenvalue weighted by atomic mass is 10.0. The van der Waals surface area contributed by atoms with E-state index in [0.717, 1.165) is 18.5 Å². The normalized spacial score (nSPS) is 14.1. The Morgan fingerprint density at radius 1 is 1.43 bits per heavy atom. The van der Waals surface area contributed by atoms with Crippen molar-refractivity contribution in [1.29, 1.82) is 0 Å². The van der Waals surface area contributed by atoms with Gasteiger partial charge in [-0.2, -0.15) is 13.2 Å². The van der Waals surface area contributed by atoms with Gasteiger partial charge in [-0.05, 0) is 26.3 Å². The molecular formula is C10H18F3N. The number of halogens is 3. The van der Waals surface area contributed by atoms with Crippen molar-refractivity contribution >= 4 is 0 Å². The number of hydrogen-bond acceptors (Lipinski definition) is 1. The predicted octanol–water partition coefficient (Wildman–Crippen LogP) is 3.27. The molecule has 0 aliphatic heterocycles.